The number of amides is 1. The van der Waals surface area contributed by atoms with Gasteiger partial charge in [0.15, 0.2) is 20.8 Å². The van der Waals surface area contributed by atoms with Gasteiger partial charge in [-0.2, -0.15) is 0 Å². The minimum atomic E-state index is -0.311. The van der Waals surface area contributed by atoms with Gasteiger partial charge < -0.3 is 9.47 Å². The fraction of sp³-hybridized carbons (Fsp3) is 0.118. The third kappa shape index (κ3) is 3.69. The summed E-state index contributed by atoms with van der Waals surface area (Å²) in [6.45, 7) is 0.151. The molecule has 12 heteroatoms. The Hall–Kier alpha value is -2.96. The number of thioether (sulfide) groups is 1. The summed E-state index contributed by atoms with van der Waals surface area (Å²) in [4.78, 5) is 29.6. The monoisotopic (exact) mass is 445 g/mol. The van der Waals surface area contributed by atoms with E-state index >= 15 is 0 Å². The highest BCUT2D eigenvalue weighted by Gasteiger charge is 2.17. The number of carbonyl (C=O) groups is 1. The Morgan fingerprint density at radius 3 is 3.07 bits per heavy atom. The van der Waals surface area contributed by atoms with Crippen LogP contribution < -0.4 is 20.3 Å². The molecule has 1 amide bonds. The van der Waals surface area contributed by atoms with Crippen molar-refractivity contribution in [2.24, 2.45) is 0 Å². The average Bonchev–Trinajstić information content (AvgIpc) is 3.46. The predicted molar refractivity (Wildman–Crippen MR) is 109 cm³/mol. The van der Waals surface area contributed by atoms with Gasteiger partial charge in [-0.15, -0.1) is 21.5 Å². The van der Waals surface area contributed by atoms with Crippen LogP contribution in [0.25, 0.3) is 4.96 Å². The summed E-state index contributed by atoms with van der Waals surface area (Å²) in [5, 5.41) is 13.0. The standard InChI is InChI=1S/C17H11N5O4S3/c23-13-6-10(18-16-22(13)3-4-27-16)7-28-17-21-20-15(29-17)19-14(24)9-1-2-11-12(5-9)26-8-25-11/h1-6H,7-8H2,(H,19,20,24). The molecule has 0 atom stereocenters. The van der Waals surface area contributed by atoms with Crippen LogP contribution in [0.5, 0.6) is 11.5 Å². The number of benzene rings is 1. The number of nitrogens with one attached hydrogen (secondary N) is 1. The van der Waals surface area contributed by atoms with E-state index in [4.69, 9.17) is 9.47 Å². The molecule has 3 aromatic heterocycles. The van der Waals surface area contributed by atoms with Crippen molar-refractivity contribution in [1.29, 1.82) is 0 Å². The van der Waals surface area contributed by atoms with E-state index in [2.05, 4.69) is 20.5 Å². The van der Waals surface area contributed by atoms with Gasteiger partial charge in [-0.1, -0.05) is 23.1 Å². The lowest BCUT2D eigenvalue weighted by Gasteiger charge is -2.02. The topological polar surface area (TPSA) is 108 Å². The molecule has 1 N–H and O–H groups in total. The van der Waals surface area contributed by atoms with Crippen LogP contribution in [0.3, 0.4) is 0 Å². The van der Waals surface area contributed by atoms with Crippen LogP contribution >= 0.6 is 34.4 Å². The highest BCUT2D eigenvalue weighted by atomic mass is 32.2. The maximum absolute atomic E-state index is 12.4. The Kier molecular flexibility index (Phi) is 4.66. The van der Waals surface area contributed by atoms with Gasteiger partial charge in [-0.25, -0.2) is 4.98 Å². The van der Waals surface area contributed by atoms with Crippen molar-refractivity contribution >= 4 is 50.4 Å². The first kappa shape index (κ1) is 18.1. The zero-order valence-corrected chi connectivity index (χ0v) is 17.0. The SMILES string of the molecule is O=C(Nc1nnc(SCc2cc(=O)n3ccsc3n2)s1)c1ccc2c(c1)OCO2. The number of aromatic nitrogens is 4. The number of nitrogens with zero attached hydrogens (tertiary/aromatic N) is 4. The molecule has 0 aliphatic carbocycles. The predicted octanol–water partition coefficient (Wildman–Crippen LogP) is 2.88. The maximum atomic E-state index is 12.4. The molecule has 29 heavy (non-hydrogen) atoms. The summed E-state index contributed by atoms with van der Waals surface area (Å²) in [5.41, 5.74) is 0.997. The van der Waals surface area contributed by atoms with Crippen LogP contribution in [-0.2, 0) is 5.75 Å². The van der Waals surface area contributed by atoms with E-state index in [1.165, 1.54) is 44.9 Å². The Bertz CT molecular complexity index is 1280. The van der Waals surface area contributed by atoms with Gasteiger partial charge in [0.05, 0.1) is 5.69 Å². The van der Waals surface area contributed by atoms with E-state index in [9.17, 15) is 9.59 Å². The molecule has 9 nitrogen and oxygen atoms in total. The lowest BCUT2D eigenvalue weighted by Crippen LogP contribution is -2.12. The third-order valence-corrected chi connectivity index (χ3v) is 6.72. The fourth-order valence-electron chi connectivity index (χ4n) is 2.62. The highest BCUT2D eigenvalue weighted by Crippen LogP contribution is 2.33. The second-order valence-corrected chi connectivity index (χ2v) is 8.90. The fourth-order valence-corrected chi connectivity index (χ4v) is 5.00. The minimum absolute atomic E-state index is 0.110. The number of fused-ring (bicyclic) bond motifs is 2. The van der Waals surface area contributed by atoms with Crippen molar-refractivity contribution in [1.82, 2.24) is 19.6 Å². The molecule has 1 aromatic carbocycles. The highest BCUT2D eigenvalue weighted by molar-refractivity contribution is 8.00. The van der Waals surface area contributed by atoms with Crippen LogP contribution in [0.4, 0.5) is 5.13 Å². The number of ether oxygens (including phenoxy) is 2. The molecule has 1 aliphatic rings. The summed E-state index contributed by atoms with van der Waals surface area (Å²) in [6.07, 6.45) is 1.70. The molecule has 5 rings (SSSR count). The molecular formula is C17H11N5O4S3. The van der Waals surface area contributed by atoms with Crippen molar-refractivity contribution < 1.29 is 14.3 Å². The summed E-state index contributed by atoms with van der Waals surface area (Å²) in [6, 6.07) is 6.48. The first-order valence-electron chi connectivity index (χ1n) is 8.29. The van der Waals surface area contributed by atoms with Crippen molar-refractivity contribution in [2.45, 2.75) is 10.1 Å². The van der Waals surface area contributed by atoms with E-state index < -0.39 is 0 Å². The van der Waals surface area contributed by atoms with E-state index in [-0.39, 0.29) is 18.3 Å². The van der Waals surface area contributed by atoms with E-state index in [0.29, 0.717) is 42.9 Å². The second-order valence-electron chi connectivity index (χ2n) is 5.83. The summed E-state index contributed by atoms with van der Waals surface area (Å²) >= 11 is 4.07. The van der Waals surface area contributed by atoms with Crippen LogP contribution in [0.2, 0.25) is 0 Å². The number of hydrogen-bond donors (Lipinski definition) is 1. The Labute approximate surface area is 175 Å². The van der Waals surface area contributed by atoms with Gasteiger partial charge in [-0.05, 0) is 18.2 Å². The Morgan fingerprint density at radius 1 is 1.24 bits per heavy atom. The van der Waals surface area contributed by atoms with E-state index in [1.807, 2.05) is 5.38 Å². The molecule has 0 unspecified atom stereocenters. The van der Waals surface area contributed by atoms with Crippen molar-refractivity contribution in [2.75, 3.05) is 12.1 Å². The summed E-state index contributed by atoms with van der Waals surface area (Å²) < 4.78 is 12.7. The second kappa shape index (κ2) is 7.46. The number of thiazole rings is 1. The Balaban J connectivity index is 1.24. The molecular weight excluding hydrogens is 434 g/mol. The lowest BCUT2D eigenvalue weighted by atomic mass is 10.2. The smallest absolute Gasteiger partial charge is 0.258 e. The molecule has 4 heterocycles. The van der Waals surface area contributed by atoms with Gasteiger partial charge in [0.1, 0.15) is 0 Å². The largest absolute Gasteiger partial charge is 0.454 e. The normalized spacial score (nSPS) is 12.4. The van der Waals surface area contributed by atoms with Crippen molar-refractivity contribution in [3.63, 3.8) is 0 Å². The maximum Gasteiger partial charge on any atom is 0.258 e. The molecule has 1 aliphatic heterocycles. The van der Waals surface area contributed by atoms with Crippen LogP contribution in [0, 0.1) is 0 Å². The van der Waals surface area contributed by atoms with Crippen LogP contribution in [0.15, 0.2) is 45.0 Å². The molecule has 146 valence electrons. The van der Waals surface area contributed by atoms with Crippen molar-refractivity contribution in [3.8, 4) is 11.5 Å². The molecule has 0 bridgehead atoms. The first-order valence-corrected chi connectivity index (χ1v) is 11.0. The molecule has 0 fully saturated rings. The van der Waals surface area contributed by atoms with Gasteiger partial charge in [-0.3, -0.25) is 19.3 Å². The quantitative estimate of drug-likeness (QED) is 0.369. The number of rotatable bonds is 5. The minimum Gasteiger partial charge on any atom is -0.454 e. The van der Waals surface area contributed by atoms with Gasteiger partial charge in [0, 0.05) is 29.0 Å². The van der Waals surface area contributed by atoms with Gasteiger partial charge >= 0.3 is 0 Å². The number of anilines is 1. The molecule has 0 spiro atoms. The molecule has 0 saturated carbocycles. The zero-order valence-electron chi connectivity index (χ0n) is 14.5. The van der Waals surface area contributed by atoms with Gasteiger partial charge in [0.25, 0.3) is 11.5 Å². The molecule has 4 aromatic rings. The third-order valence-electron chi connectivity index (χ3n) is 3.96. The zero-order chi connectivity index (χ0) is 19.8. The molecule has 0 saturated heterocycles. The van der Waals surface area contributed by atoms with Gasteiger partial charge in [0.2, 0.25) is 11.9 Å². The number of carbonyl (C=O) groups excluding carboxylic acids is 1. The first-order chi connectivity index (χ1) is 14.2. The average molecular weight is 446 g/mol. The summed E-state index contributed by atoms with van der Waals surface area (Å²) in [5.74, 6) is 1.32. The van der Waals surface area contributed by atoms with Crippen LogP contribution in [0.1, 0.15) is 16.1 Å². The Morgan fingerprint density at radius 2 is 2.14 bits per heavy atom. The van der Waals surface area contributed by atoms with E-state index in [1.54, 1.807) is 24.4 Å². The summed E-state index contributed by atoms with van der Waals surface area (Å²) in [7, 11) is 0. The number of hydrogen-bond acceptors (Lipinski definition) is 10. The van der Waals surface area contributed by atoms with Crippen molar-refractivity contribution in [3.05, 3.63) is 57.5 Å². The van der Waals surface area contributed by atoms with E-state index in [0.717, 1.165) is 0 Å². The molecule has 0 radical (unpaired) electrons. The van der Waals surface area contributed by atoms with Crippen LogP contribution in [-0.4, -0.2) is 32.3 Å². The lowest BCUT2D eigenvalue weighted by molar-refractivity contribution is 0.102.